The van der Waals surface area contributed by atoms with Crippen molar-refractivity contribution in [2.75, 3.05) is 19.6 Å². The van der Waals surface area contributed by atoms with Crippen LogP contribution in [0.1, 0.15) is 36.0 Å². The van der Waals surface area contributed by atoms with Crippen LogP contribution < -0.4 is 5.32 Å². The largest absolute Gasteiger partial charge is 0.467 e. The average Bonchev–Trinajstić information content (AvgIpc) is 3.27. The van der Waals surface area contributed by atoms with Gasteiger partial charge in [0, 0.05) is 36.6 Å². The van der Waals surface area contributed by atoms with Gasteiger partial charge in [-0.05, 0) is 56.1 Å². The molecule has 0 bridgehead atoms. The van der Waals surface area contributed by atoms with Crippen molar-refractivity contribution in [3.8, 4) is 11.1 Å². The van der Waals surface area contributed by atoms with Crippen molar-refractivity contribution in [2.24, 2.45) is 0 Å². The maximum atomic E-state index is 12.4. The molecule has 1 amide bonds. The van der Waals surface area contributed by atoms with E-state index in [1.54, 1.807) is 18.7 Å². The number of rotatable bonds is 6. The molecule has 1 N–H and O–H groups in total. The first kappa shape index (κ1) is 19.3. The van der Waals surface area contributed by atoms with E-state index in [4.69, 9.17) is 9.40 Å². The number of aryl methyl sites for hydroxylation is 1. The quantitative estimate of drug-likeness (QED) is 0.696. The Hall–Kier alpha value is -3.06. The molecule has 0 radical (unpaired) electrons. The first-order valence-corrected chi connectivity index (χ1v) is 9.94. The molecule has 3 aromatic rings. The lowest BCUT2D eigenvalue weighted by atomic mass is 9.90. The van der Waals surface area contributed by atoms with E-state index in [0.29, 0.717) is 13.1 Å². The molecule has 1 aliphatic rings. The molecule has 7 heteroatoms. The lowest BCUT2D eigenvalue weighted by Gasteiger charge is -2.32. The summed E-state index contributed by atoms with van der Waals surface area (Å²) in [5.41, 5.74) is 3.18. The smallest absolute Gasteiger partial charge is 0.234 e. The van der Waals surface area contributed by atoms with Gasteiger partial charge in [0.25, 0.3) is 0 Å². The fraction of sp³-hybridized carbons (Fsp3) is 0.364. The van der Waals surface area contributed by atoms with Gasteiger partial charge < -0.3 is 9.73 Å². The Morgan fingerprint density at radius 3 is 2.97 bits per heavy atom. The van der Waals surface area contributed by atoms with Crippen molar-refractivity contribution in [3.05, 3.63) is 66.4 Å². The summed E-state index contributed by atoms with van der Waals surface area (Å²) in [5, 5.41) is 2.93. The molecule has 1 saturated heterocycles. The minimum atomic E-state index is 0.00951. The third kappa shape index (κ3) is 4.86. The zero-order valence-corrected chi connectivity index (χ0v) is 16.5. The zero-order valence-electron chi connectivity index (χ0n) is 16.5. The molecule has 0 aromatic carbocycles. The Balaban J connectivity index is 1.44. The second kappa shape index (κ2) is 8.96. The van der Waals surface area contributed by atoms with Crippen LogP contribution in [0.25, 0.3) is 11.1 Å². The molecule has 150 valence electrons. The number of likely N-dealkylation sites (tertiary alicyclic amines) is 1. The molecule has 1 unspecified atom stereocenters. The summed E-state index contributed by atoms with van der Waals surface area (Å²) in [4.78, 5) is 27.9. The van der Waals surface area contributed by atoms with Gasteiger partial charge in [-0.1, -0.05) is 0 Å². The predicted octanol–water partition coefficient (Wildman–Crippen LogP) is 2.94. The normalized spacial score (nSPS) is 17.2. The highest BCUT2D eigenvalue weighted by Crippen LogP contribution is 2.32. The second-order valence-electron chi connectivity index (χ2n) is 7.38. The van der Waals surface area contributed by atoms with Crippen LogP contribution in [-0.4, -0.2) is 45.4 Å². The third-order valence-corrected chi connectivity index (χ3v) is 5.23. The van der Waals surface area contributed by atoms with E-state index in [9.17, 15) is 4.79 Å². The summed E-state index contributed by atoms with van der Waals surface area (Å²) in [6, 6.07) is 7.65. The van der Waals surface area contributed by atoms with Gasteiger partial charge in [-0.2, -0.15) is 0 Å². The van der Waals surface area contributed by atoms with Crippen molar-refractivity contribution >= 4 is 5.91 Å². The van der Waals surface area contributed by atoms with E-state index < -0.39 is 0 Å². The number of hydrogen-bond acceptors (Lipinski definition) is 6. The van der Waals surface area contributed by atoms with E-state index in [2.05, 4.69) is 20.2 Å². The van der Waals surface area contributed by atoms with Crippen LogP contribution in [0.3, 0.4) is 0 Å². The third-order valence-electron chi connectivity index (χ3n) is 5.23. The number of nitrogens with zero attached hydrogens (tertiary/aromatic N) is 4. The number of carbonyl (C=O) groups is 1. The van der Waals surface area contributed by atoms with Crippen LogP contribution in [0.4, 0.5) is 0 Å². The molecule has 0 spiro atoms. The Kier molecular flexibility index (Phi) is 5.95. The summed E-state index contributed by atoms with van der Waals surface area (Å²) in [6.07, 6.45) is 9.18. The molecule has 1 fully saturated rings. The van der Waals surface area contributed by atoms with Crippen molar-refractivity contribution in [2.45, 2.75) is 32.2 Å². The summed E-state index contributed by atoms with van der Waals surface area (Å²) >= 11 is 0. The van der Waals surface area contributed by atoms with Crippen molar-refractivity contribution in [3.63, 3.8) is 0 Å². The number of nitrogens with one attached hydrogen (secondary N) is 1. The zero-order chi connectivity index (χ0) is 20.1. The first-order valence-electron chi connectivity index (χ1n) is 9.94. The van der Waals surface area contributed by atoms with E-state index in [-0.39, 0.29) is 11.8 Å². The molecule has 7 nitrogen and oxygen atoms in total. The summed E-state index contributed by atoms with van der Waals surface area (Å²) in [6.45, 7) is 4.44. The molecule has 4 heterocycles. The fourth-order valence-corrected chi connectivity index (χ4v) is 3.83. The maximum absolute atomic E-state index is 12.4. The molecule has 3 aromatic heterocycles. The lowest BCUT2D eigenvalue weighted by molar-refractivity contribution is -0.122. The Bertz CT molecular complexity index is 943. The number of pyridine rings is 1. The van der Waals surface area contributed by atoms with Crippen LogP contribution in [0.5, 0.6) is 0 Å². The molecule has 4 rings (SSSR count). The molecule has 29 heavy (non-hydrogen) atoms. The second-order valence-corrected chi connectivity index (χ2v) is 7.38. The summed E-state index contributed by atoms with van der Waals surface area (Å²) in [7, 11) is 0. The average molecular weight is 391 g/mol. The Morgan fingerprint density at radius 1 is 1.31 bits per heavy atom. The highest BCUT2D eigenvalue weighted by Gasteiger charge is 2.26. The van der Waals surface area contributed by atoms with Gasteiger partial charge in [-0.15, -0.1) is 0 Å². The van der Waals surface area contributed by atoms with Crippen molar-refractivity contribution < 1.29 is 9.21 Å². The number of hydrogen-bond donors (Lipinski definition) is 1. The molecular weight excluding hydrogens is 366 g/mol. The van der Waals surface area contributed by atoms with Gasteiger partial charge in [-0.3, -0.25) is 14.7 Å². The van der Waals surface area contributed by atoms with Crippen LogP contribution in [0, 0.1) is 6.92 Å². The molecular formula is C22H25N5O2. The van der Waals surface area contributed by atoms with Crippen LogP contribution in [0.2, 0.25) is 0 Å². The minimum Gasteiger partial charge on any atom is -0.467 e. The summed E-state index contributed by atoms with van der Waals surface area (Å²) in [5.74, 6) is 1.81. The lowest BCUT2D eigenvalue weighted by Crippen LogP contribution is -2.42. The van der Waals surface area contributed by atoms with E-state index >= 15 is 0 Å². The topological polar surface area (TPSA) is 84.2 Å². The van der Waals surface area contributed by atoms with Gasteiger partial charge in [-0.25, -0.2) is 9.97 Å². The predicted molar refractivity (Wildman–Crippen MR) is 109 cm³/mol. The molecule has 1 atom stereocenters. The van der Waals surface area contributed by atoms with Crippen LogP contribution in [-0.2, 0) is 11.3 Å². The Morgan fingerprint density at radius 2 is 2.17 bits per heavy atom. The van der Waals surface area contributed by atoms with E-state index in [1.807, 2.05) is 37.4 Å². The number of aromatic nitrogens is 3. The Labute approximate surface area is 170 Å². The summed E-state index contributed by atoms with van der Waals surface area (Å²) < 4.78 is 5.27. The van der Waals surface area contributed by atoms with Gasteiger partial charge in [0.05, 0.1) is 25.0 Å². The van der Waals surface area contributed by atoms with Gasteiger partial charge in [0.2, 0.25) is 5.91 Å². The van der Waals surface area contributed by atoms with Crippen LogP contribution in [0.15, 0.2) is 53.5 Å². The minimum absolute atomic E-state index is 0.00951. The van der Waals surface area contributed by atoms with Crippen molar-refractivity contribution in [1.82, 2.24) is 25.2 Å². The molecule has 0 saturated carbocycles. The SMILES string of the molecule is Cc1ncc(-c2ccncc2)c(C2CCCN(CC(=O)NCc3ccco3)C2)n1. The molecule has 0 aliphatic carbocycles. The van der Waals surface area contributed by atoms with E-state index in [1.165, 1.54) is 0 Å². The number of furan rings is 1. The standard InChI is InChI=1S/C22H25N5O2/c1-16-24-13-20(17-6-8-23-9-7-17)22(26-16)18-4-2-10-27(14-18)15-21(28)25-12-19-5-3-11-29-19/h3,5-9,11,13,18H,2,4,10,12,14-15H2,1H3,(H,25,28). The molecule has 1 aliphatic heterocycles. The number of carbonyl (C=O) groups excluding carboxylic acids is 1. The van der Waals surface area contributed by atoms with Gasteiger partial charge >= 0.3 is 0 Å². The highest BCUT2D eigenvalue weighted by molar-refractivity contribution is 5.78. The van der Waals surface area contributed by atoms with Gasteiger partial charge in [0.1, 0.15) is 11.6 Å². The number of amides is 1. The first-order chi connectivity index (χ1) is 14.2. The van der Waals surface area contributed by atoms with Gasteiger partial charge in [0.15, 0.2) is 0 Å². The van der Waals surface area contributed by atoms with Crippen molar-refractivity contribution in [1.29, 1.82) is 0 Å². The van der Waals surface area contributed by atoms with Crippen LogP contribution >= 0.6 is 0 Å². The number of piperidine rings is 1. The monoisotopic (exact) mass is 391 g/mol. The van der Waals surface area contributed by atoms with E-state index in [0.717, 1.165) is 54.3 Å². The highest BCUT2D eigenvalue weighted by atomic mass is 16.3. The fourth-order valence-electron chi connectivity index (χ4n) is 3.83. The maximum Gasteiger partial charge on any atom is 0.234 e.